The van der Waals surface area contributed by atoms with Gasteiger partial charge < -0.3 is 14.9 Å². The lowest BCUT2D eigenvalue weighted by molar-refractivity contribution is -0.150. The van der Waals surface area contributed by atoms with E-state index in [9.17, 15) is 4.79 Å². The molecular weight excluding hydrogens is 160 g/mol. The van der Waals surface area contributed by atoms with Gasteiger partial charge in [-0.3, -0.25) is 4.79 Å². The third-order valence-corrected chi connectivity index (χ3v) is 1.33. The summed E-state index contributed by atoms with van der Waals surface area (Å²) < 4.78 is 4.84. The summed E-state index contributed by atoms with van der Waals surface area (Å²) in [6.45, 7) is 3.23. The lowest BCUT2D eigenvalue weighted by atomic mass is 10.3. The number of rotatable bonds is 5. The minimum atomic E-state index is -0.668. The number of aliphatic hydroxyl groups excluding tert-OH is 2. The van der Waals surface area contributed by atoms with E-state index in [1.165, 1.54) is 6.92 Å². The monoisotopic (exact) mass is 176 g/mol. The van der Waals surface area contributed by atoms with Crippen molar-refractivity contribution in [3.8, 4) is 0 Å². The number of carbonyl (C=O) groups excluding carboxylic acids is 1. The molecule has 0 saturated heterocycles. The van der Waals surface area contributed by atoms with Crippen molar-refractivity contribution in [1.82, 2.24) is 0 Å². The van der Waals surface area contributed by atoms with E-state index in [4.69, 9.17) is 14.9 Å². The van der Waals surface area contributed by atoms with Crippen LogP contribution in [0.25, 0.3) is 0 Å². The Balaban J connectivity index is 3.54. The number of esters is 1. The van der Waals surface area contributed by atoms with Crippen LogP contribution in [-0.2, 0) is 9.53 Å². The number of aliphatic hydroxyl groups is 2. The van der Waals surface area contributed by atoms with Gasteiger partial charge in [-0.25, -0.2) is 0 Å². The van der Waals surface area contributed by atoms with Crippen LogP contribution in [0, 0.1) is 0 Å². The zero-order chi connectivity index (χ0) is 9.56. The molecule has 0 fully saturated rings. The summed E-state index contributed by atoms with van der Waals surface area (Å²) in [5, 5.41) is 17.3. The highest BCUT2D eigenvalue weighted by molar-refractivity contribution is 5.70. The zero-order valence-corrected chi connectivity index (χ0v) is 7.49. The molecule has 12 heavy (non-hydrogen) atoms. The van der Waals surface area contributed by atoms with Gasteiger partial charge in [-0.1, -0.05) is 0 Å². The number of ether oxygens (including phenoxy) is 1. The molecular formula is C8H16O4. The summed E-state index contributed by atoms with van der Waals surface area (Å²) in [5.74, 6) is -0.425. The largest absolute Gasteiger partial charge is 0.462 e. The fourth-order valence-corrected chi connectivity index (χ4v) is 0.754. The average molecular weight is 176 g/mol. The topological polar surface area (TPSA) is 66.8 Å². The third-order valence-electron chi connectivity index (χ3n) is 1.33. The Kier molecular flexibility index (Phi) is 5.66. The SMILES string of the molecule is C[C@H](CCO)OC(=O)C[C@@H](C)O. The molecule has 2 atom stereocenters. The molecule has 4 nitrogen and oxygen atoms in total. The molecule has 0 aliphatic carbocycles. The normalized spacial score (nSPS) is 15.3. The predicted molar refractivity (Wildman–Crippen MR) is 43.6 cm³/mol. The smallest absolute Gasteiger partial charge is 0.308 e. The number of hydrogen-bond acceptors (Lipinski definition) is 4. The highest BCUT2D eigenvalue weighted by Gasteiger charge is 2.10. The molecule has 0 aliphatic rings. The van der Waals surface area contributed by atoms with Crippen molar-refractivity contribution >= 4 is 5.97 Å². The Bertz CT molecular complexity index is 133. The summed E-state index contributed by atoms with van der Waals surface area (Å²) in [5.41, 5.74) is 0. The molecule has 0 bridgehead atoms. The fourth-order valence-electron chi connectivity index (χ4n) is 0.754. The maximum absolute atomic E-state index is 10.9. The molecule has 0 aromatic rings. The lowest BCUT2D eigenvalue weighted by Gasteiger charge is -2.12. The fraction of sp³-hybridized carbons (Fsp3) is 0.875. The Labute approximate surface area is 72.2 Å². The number of hydrogen-bond donors (Lipinski definition) is 2. The summed E-state index contributed by atoms with van der Waals surface area (Å²) in [4.78, 5) is 10.9. The minimum Gasteiger partial charge on any atom is -0.462 e. The van der Waals surface area contributed by atoms with Gasteiger partial charge in [0.2, 0.25) is 0 Å². The van der Waals surface area contributed by atoms with Crippen LogP contribution in [0.4, 0.5) is 0 Å². The molecule has 0 aliphatic heterocycles. The Morgan fingerprint density at radius 1 is 1.50 bits per heavy atom. The molecule has 0 aromatic carbocycles. The second-order valence-electron chi connectivity index (χ2n) is 2.87. The molecule has 4 heteroatoms. The number of carbonyl (C=O) groups is 1. The molecule has 72 valence electrons. The van der Waals surface area contributed by atoms with Crippen molar-refractivity contribution < 1.29 is 19.7 Å². The average Bonchev–Trinajstić information content (AvgIpc) is 1.84. The Hall–Kier alpha value is -0.610. The second-order valence-corrected chi connectivity index (χ2v) is 2.87. The van der Waals surface area contributed by atoms with Gasteiger partial charge in [0.15, 0.2) is 0 Å². The van der Waals surface area contributed by atoms with Gasteiger partial charge in [0.05, 0.1) is 12.5 Å². The minimum absolute atomic E-state index is 0.00310. The van der Waals surface area contributed by atoms with E-state index in [2.05, 4.69) is 0 Å². The van der Waals surface area contributed by atoms with E-state index >= 15 is 0 Å². The maximum atomic E-state index is 10.9. The van der Waals surface area contributed by atoms with Crippen LogP contribution in [0.1, 0.15) is 26.7 Å². The van der Waals surface area contributed by atoms with Gasteiger partial charge in [0, 0.05) is 13.0 Å². The van der Waals surface area contributed by atoms with Crippen molar-refractivity contribution in [1.29, 1.82) is 0 Å². The van der Waals surface area contributed by atoms with Crippen LogP contribution in [0.15, 0.2) is 0 Å². The van der Waals surface area contributed by atoms with Crippen LogP contribution < -0.4 is 0 Å². The Morgan fingerprint density at radius 2 is 2.08 bits per heavy atom. The first-order valence-electron chi connectivity index (χ1n) is 4.04. The molecule has 0 unspecified atom stereocenters. The first-order valence-corrected chi connectivity index (χ1v) is 4.04. The molecule has 0 radical (unpaired) electrons. The Morgan fingerprint density at radius 3 is 2.50 bits per heavy atom. The van der Waals surface area contributed by atoms with Crippen LogP contribution in [0.2, 0.25) is 0 Å². The van der Waals surface area contributed by atoms with Crippen molar-refractivity contribution in [3.05, 3.63) is 0 Å². The van der Waals surface area contributed by atoms with Gasteiger partial charge in [-0.15, -0.1) is 0 Å². The van der Waals surface area contributed by atoms with Crippen LogP contribution >= 0.6 is 0 Å². The summed E-state index contributed by atoms with van der Waals surface area (Å²) >= 11 is 0. The van der Waals surface area contributed by atoms with E-state index in [0.29, 0.717) is 6.42 Å². The van der Waals surface area contributed by atoms with E-state index in [-0.39, 0.29) is 19.1 Å². The highest BCUT2D eigenvalue weighted by atomic mass is 16.5. The maximum Gasteiger partial charge on any atom is 0.308 e. The van der Waals surface area contributed by atoms with Crippen LogP contribution in [0.3, 0.4) is 0 Å². The quantitative estimate of drug-likeness (QED) is 0.582. The van der Waals surface area contributed by atoms with E-state index < -0.39 is 12.1 Å². The summed E-state index contributed by atoms with van der Waals surface area (Å²) in [6.07, 6.45) is -0.499. The predicted octanol–water partition coefficient (Wildman–Crippen LogP) is 0.0714. The van der Waals surface area contributed by atoms with Gasteiger partial charge >= 0.3 is 5.97 Å². The lowest BCUT2D eigenvalue weighted by Crippen LogP contribution is -2.19. The van der Waals surface area contributed by atoms with E-state index in [0.717, 1.165) is 0 Å². The third kappa shape index (κ3) is 6.12. The van der Waals surface area contributed by atoms with E-state index in [1.807, 2.05) is 0 Å². The zero-order valence-electron chi connectivity index (χ0n) is 7.49. The highest BCUT2D eigenvalue weighted by Crippen LogP contribution is 2.00. The van der Waals surface area contributed by atoms with Crippen molar-refractivity contribution in [2.75, 3.05) is 6.61 Å². The standard InChI is InChI=1S/C8H16O4/c1-6(10)5-8(11)12-7(2)3-4-9/h6-7,9-10H,3-5H2,1-2H3/t6-,7-/m1/s1. The molecule has 0 saturated carbocycles. The van der Waals surface area contributed by atoms with Gasteiger partial charge in [0.25, 0.3) is 0 Å². The molecule has 2 N–H and O–H groups in total. The molecule has 0 rings (SSSR count). The van der Waals surface area contributed by atoms with Crippen molar-refractivity contribution in [3.63, 3.8) is 0 Å². The van der Waals surface area contributed by atoms with Gasteiger partial charge in [-0.05, 0) is 13.8 Å². The first kappa shape index (κ1) is 11.4. The van der Waals surface area contributed by atoms with Crippen LogP contribution in [0.5, 0.6) is 0 Å². The van der Waals surface area contributed by atoms with Crippen molar-refractivity contribution in [2.24, 2.45) is 0 Å². The molecule has 0 amide bonds. The van der Waals surface area contributed by atoms with Crippen LogP contribution in [-0.4, -0.2) is 35.0 Å². The van der Waals surface area contributed by atoms with Crippen molar-refractivity contribution in [2.45, 2.75) is 38.9 Å². The second kappa shape index (κ2) is 5.97. The van der Waals surface area contributed by atoms with Gasteiger partial charge in [0.1, 0.15) is 6.10 Å². The van der Waals surface area contributed by atoms with E-state index in [1.54, 1.807) is 6.92 Å². The molecule has 0 spiro atoms. The molecule has 0 heterocycles. The first-order chi connectivity index (χ1) is 5.56. The molecule has 0 aromatic heterocycles. The summed E-state index contributed by atoms with van der Waals surface area (Å²) in [6, 6.07) is 0. The van der Waals surface area contributed by atoms with Gasteiger partial charge in [-0.2, -0.15) is 0 Å². The summed E-state index contributed by atoms with van der Waals surface area (Å²) in [7, 11) is 0.